The summed E-state index contributed by atoms with van der Waals surface area (Å²) in [5, 5.41) is 4.47. The molecule has 4 rings (SSSR count). The fraction of sp³-hybridized carbons (Fsp3) is 0.174. The van der Waals surface area contributed by atoms with Crippen LogP contribution in [0.25, 0.3) is 22.3 Å². The maximum Gasteiger partial charge on any atom is 0.311 e. The van der Waals surface area contributed by atoms with E-state index in [4.69, 9.17) is 30.5 Å². The Morgan fingerprint density at radius 3 is 2.74 bits per heavy atom. The largest absolute Gasteiger partial charge is 0.497 e. The summed E-state index contributed by atoms with van der Waals surface area (Å²) in [4.78, 5) is 20.9. The molecule has 158 valence electrons. The summed E-state index contributed by atoms with van der Waals surface area (Å²) < 4.78 is 16.5. The number of carbonyl (C=O) groups excluding carboxylic acids is 1. The summed E-state index contributed by atoms with van der Waals surface area (Å²) in [5.74, 6) is 1.04. The van der Waals surface area contributed by atoms with E-state index in [1.807, 2.05) is 53.9 Å². The molecule has 0 aliphatic heterocycles. The fourth-order valence-corrected chi connectivity index (χ4v) is 3.84. The molecular weight excluding hydrogens is 436 g/mol. The van der Waals surface area contributed by atoms with E-state index in [9.17, 15) is 4.79 Å². The molecule has 0 spiro atoms. The van der Waals surface area contributed by atoms with Crippen LogP contribution in [0.2, 0.25) is 5.02 Å². The SMILES string of the molecule is CCOC(=O)Cc1csc(/N=c2\cc(-c3ccc(Cl)cc3)oc3ccc(OC)cc23)n1. The molecular formula is C23H19ClN2O4S. The number of fused-ring (bicyclic) bond motifs is 1. The fourth-order valence-electron chi connectivity index (χ4n) is 3.02. The van der Waals surface area contributed by atoms with Gasteiger partial charge in [0, 0.05) is 27.4 Å². The topological polar surface area (TPSA) is 73.9 Å². The van der Waals surface area contributed by atoms with Crippen molar-refractivity contribution in [2.45, 2.75) is 13.3 Å². The number of esters is 1. The number of halogens is 1. The number of ether oxygens (including phenoxy) is 2. The van der Waals surface area contributed by atoms with Crippen LogP contribution in [0.1, 0.15) is 12.6 Å². The predicted molar refractivity (Wildman–Crippen MR) is 121 cm³/mol. The van der Waals surface area contributed by atoms with E-state index in [0.717, 1.165) is 10.9 Å². The van der Waals surface area contributed by atoms with Crippen LogP contribution in [0.5, 0.6) is 5.75 Å². The number of carbonyl (C=O) groups is 1. The van der Waals surface area contributed by atoms with E-state index in [-0.39, 0.29) is 12.4 Å². The monoisotopic (exact) mass is 454 g/mol. The standard InChI is InChI=1S/C23H19ClN2O4S/c1-3-29-22(27)10-16-13-31-23(25-16)26-19-12-21(14-4-6-15(24)7-5-14)30-20-9-8-17(28-2)11-18(19)20/h4-9,11-13H,3,10H2,1-2H3/b26-19+. The van der Waals surface area contributed by atoms with Gasteiger partial charge in [0.25, 0.3) is 0 Å². The molecule has 0 amide bonds. The zero-order valence-electron chi connectivity index (χ0n) is 16.9. The lowest BCUT2D eigenvalue weighted by Gasteiger charge is -2.06. The minimum absolute atomic E-state index is 0.120. The number of methoxy groups -OCH3 is 1. The first-order valence-electron chi connectivity index (χ1n) is 9.58. The Balaban J connectivity index is 1.82. The summed E-state index contributed by atoms with van der Waals surface area (Å²) in [6.07, 6.45) is 0.120. The number of rotatable bonds is 6. The molecule has 0 aliphatic carbocycles. The lowest BCUT2D eigenvalue weighted by atomic mass is 10.1. The molecule has 0 saturated heterocycles. The van der Waals surface area contributed by atoms with Gasteiger partial charge >= 0.3 is 5.97 Å². The minimum atomic E-state index is -0.307. The Hall–Kier alpha value is -3.16. The Labute approximate surface area is 187 Å². The van der Waals surface area contributed by atoms with Gasteiger partial charge in [-0.25, -0.2) is 9.98 Å². The van der Waals surface area contributed by atoms with Gasteiger partial charge in [-0.05, 0) is 49.4 Å². The third-order valence-electron chi connectivity index (χ3n) is 4.47. The molecule has 0 radical (unpaired) electrons. The minimum Gasteiger partial charge on any atom is -0.497 e. The summed E-state index contributed by atoms with van der Waals surface area (Å²) in [5.41, 5.74) is 2.17. The van der Waals surface area contributed by atoms with Crippen molar-refractivity contribution in [2.75, 3.05) is 13.7 Å². The smallest absolute Gasteiger partial charge is 0.311 e. The average Bonchev–Trinajstić information content (AvgIpc) is 3.20. The van der Waals surface area contributed by atoms with Gasteiger partial charge in [0.2, 0.25) is 5.13 Å². The highest BCUT2D eigenvalue weighted by Crippen LogP contribution is 2.27. The van der Waals surface area contributed by atoms with Crippen LogP contribution in [0.4, 0.5) is 5.13 Å². The third-order valence-corrected chi connectivity index (χ3v) is 5.50. The molecule has 4 aromatic rings. The normalized spacial score (nSPS) is 11.6. The summed E-state index contributed by atoms with van der Waals surface area (Å²) in [7, 11) is 1.61. The third kappa shape index (κ3) is 4.95. The highest BCUT2D eigenvalue weighted by molar-refractivity contribution is 7.13. The maximum atomic E-state index is 11.7. The molecule has 8 heteroatoms. The van der Waals surface area contributed by atoms with Gasteiger partial charge in [0.15, 0.2) is 0 Å². The van der Waals surface area contributed by atoms with Gasteiger partial charge < -0.3 is 13.9 Å². The highest BCUT2D eigenvalue weighted by Gasteiger charge is 2.10. The van der Waals surface area contributed by atoms with Crippen molar-refractivity contribution in [3.8, 4) is 17.1 Å². The van der Waals surface area contributed by atoms with E-state index in [1.54, 1.807) is 14.0 Å². The van der Waals surface area contributed by atoms with E-state index in [2.05, 4.69) is 4.98 Å². The molecule has 2 aromatic carbocycles. The highest BCUT2D eigenvalue weighted by atomic mass is 35.5. The second-order valence-corrected chi connectivity index (χ2v) is 7.85. The molecule has 31 heavy (non-hydrogen) atoms. The average molecular weight is 455 g/mol. The summed E-state index contributed by atoms with van der Waals surface area (Å²) in [6, 6.07) is 14.8. The molecule has 0 N–H and O–H groups in total. The zero-order valence-corrected chi connectivity index (χ0v) is 18.5. The van der Waals surface area contributed by atoms with Gasteiger partial charge in [-0.3, -0.25) is 4.79 Å². The quantitative estimate of drug-likeness (QED) is 0.357. The molecule has 2 aromatic heterocycles. The van der Waals surface area contributed by atoms with E-state index >= 15 is 0 Å². The predicted octanol–water partition coefficient (Wildman–Crippen LogP) is 5.56. The second kappa shape index (κ2) is 9.32. The van der Waals surface area contributed by atoms with Crippen LogP contribution >= 0.6 is 22.9 Å². The van der Waals surface area contributed by atoms with Gasteiger partial charge in [-0.2, -0.15) is 0 Å². The molecule has 6 nitrogen and oxygen atoms in total. The number of hydrogen-bond donors (Lipinski definition) is 0. The van der Waals surface area contributed by atoms with Crippen LogP contribution in [-0.2, 0) is 16.0 Å². The van der Waals surface area contributed by atoms with Crippen molar-refractivity contribution in [3.05, 3.63) is 70.0 Å². The number of aromatic nitrogens is 1. The number of hydrogen-bond acceptors (Lipinski definition) is 7. The van der Waals surface area contributed by atoms with Crippen molar-refractivity contribution in [1.82, 2.24) is 4.98 Å². The zero-order chi connectivity index (χ0) is 21.8. The molecule has 0 fully saturated rings. The Kier molecular flexibility index (Phi) is 6.34. The Morgan fingerprint density at radius 2 is 2.00 bits per heavy atom. The first-order valence-corrected chi connectivity index (χ1v) is 10.8. The summed E-state index contributed by atoms with van der Waals surface area (Å²) in [6.45, 7) is 2.12. The molecule has 2 heterocycles. The van der Waals surface area contributed by atoms with Crippen molar-refractivity contribution in [3.63, 3.8) is 0 Å². The first kappa shape index (κ1) is 21.1. The summed E-state index contributed by atoms with van der Waals surface area (Å²) >= 11 is 7.38. The van der Waals surface area contributed by atoms with Gasteiger partial charge in [0.1, 0.15) is 17.1 Å². The van der Waals surface area contributed by atoms with Crippen molar-refractivity contribution in [1.29, 1.82) is 0 Å². The van der Waals surface area contributed by atoms with E-state index < -0.39 is 0 Å². The molecule has 0 unspecified atom stereocenters. The molecule has 0 bridgehead atoms. The molecule has 0 saturated carbocycles. The van der Waals surface area contributed by atoms with Gasteiger partial charge in [0.05, 0.1) is 31.2 Å². The van der Waals surface area contributed by atoms with Crippen molar-refractivity contribution in [2.24, 2.45) is 4.99 Å². The number of nitrogens with zero attached hydrogens (tertiary/aromatic N) is 2. The van der Waals surface area contributed by atoms with Crippen molar-refractivity contribution >= 4 is 45.0 Å². The van der Waals surface area contributed by atoms with Crippen LogP contribution in [0.15, 0.2) is 63.3 Å². The second-order valence-electron chi connectivity index (χ2n) is 6.58. The Morgan fingerprint density at radius 1 is 1.19 bits per heavy atom. The van der Waals surface area contributed by atoms with Crippen LogP contribution in [0.3, 0.4) is 0 Å². The van der Waals surface area contributed by atoms with Crippen LogP contribution in [0, 0.1) is 0 Å². The molecule has 0 aliphatic rings. The Bertz CT molecular complexity index is 1300. The maximum absolute atomic E-state index is 11.7. The number of thiazole rings is 1. The molecule has 0 atom stereocenters. The first-order chi connectivity index (χ1) is 15.1. The lowest BCUT2D eigenvalue weighted by Crippen LogP contribution is -2.07. The van der Waals surface area contributed by atoms with Crippen molar-refractivity contribution < 1.29 is 18.7 Å². The van der Waals surface area contributed by atoms with E-state index in [1.165, 1.54) is 11.3 Å². The van der Waals surface area contributed by atoms with Crippen LogP contribution < -0.4 is 10.1 Å². The van der Waals surface area contributed by atoms with Gasteiger partial charge in [-0.15, -0.1) is 11.3 Å². The lowest BCUT2D eigenvalue weighted by molar-refractivity contribution is -0.142. The van der Waals surface area contributed by atoms with Crippen LogP contribution in [-0.4, -0.2) is 24.7 Å². The number of benzene rings is 2. The van der Waals surface area contributed by atoms with Gasteiger partial charge in [-0.1, -0.05) is 11.6 Å². The van der Waals surface area contributed by atoms with E-state index in [0.29, 0.717) is 44.9 Å².